The van der Waals surface area contributed by atoms with Crippen LogP contribution in [0.1, 0.15) is 29.8 Å². The highest BCUT2D eigenvalue weighted by molar-refractivity contribution is 6.03. The molecule has 1 fully saturated rings. The standard InChI is InChI=1S/C22H22N6O3/c1-13-10-18(28(26-13)22-23-17-9-5-8-16(17)21(31)25-22)24-20(30)14-11-19(29)27(12-14)15-6-3-2-4-7-15/h2-4,6-7,10,14H,5,8-9,11-12H2,1H3,(H,24,30)(H,23,25,31). The molecule has 1 aliphatic heterocycles. The van der Waals surface area contributed by atoms with Gasteiger partial charge in [0.2, 0.25) is 17.8 Å². The summed E-state index contributed by atoms with van der Waals surface area (Å²) in [6.45, 7) is 2.11. The van der Waals surface area contributed by atoms with Gasteiger partial charge in [-0.3, -0.25) is 19.4 Å². The number of benzene rings is 1. The van der Waals surface area contributed by atoms with E-state index in [9.17, 15) is 14.4 Å². The summed E-state index contributed by atoms with van der Waals surface area (Å²) in [7, 11) is 0. The number of aromatic nitrogens is 4. The maximum atomic E-state index is 13.0. The molecule has 2 N–H and O–H groups in total. The Labute approximate surface area is 178 Å². The van der Waals surface area contributed by atoms with Gasteiger partial charge in [-0.05, 0) is 38.3 Å². The number of fused-ring (bicyclic) bond motifs is 1. The van der Waals surface area contributed by atoms with Gasteiger partial charge in [-0.25, -0.2) is 4.98 Å². The van der Waals surface area contributed by atoms with Crippen LogP contribution in [0.25, 0.3) is 5.95 Å². The van der Waals surface area contributed by atoms with E-state index >= 15 is 0 Å². The molecular weight excluding hydrogens is 396 g/mol. The normalized spacial score (nSPS) is 17.8. The van der Waals surface area contributed by atoms with Crippen LogP contribution in [0.2, 0.25) is 0 Å². The van der Waals surface area contributed by atoms with Crippen molar-refractivity contribution in [3.05, 3.63) is 63.7 Å². The number of nitrogens with zero attached hydrogens (tertiary/aromatic N) is 4. The van der Waals surface area contributed by atoms with Gasteiger partial charge in [0.1, 0.15) is 5.82 Å². The first kappa shape index (κ1) is 19.2. The number of carbonyl (C=O) groups excluding carboxylic acids is 2. The Kier molecular flexibility index (Phi) is 4.65. The van der Waals surface area contributed by atoms with Crippen LogP contribution in [-0.2, 0) is 22.4 Å². The smallest absolute Gasteiger partial charge is 0.255 e. The maximum Gasteiger partial charge on any atom is 0.255 e. The Morgan fingerprint density at radius 3 is 2.81 bits per heavy atom. The molecule has 1 aliphatic carbocycles. The van der Waals surface area contributed by atoms with Crippen molar-refractivity contribution in [1.82, 2.24) is 19.7 Å². The van der Waals surface area contributed by atoms with Crippen molar-refractivity contribution in [3.8, 4) is 5.95 Å². The van der Waals surface area contributed by atoms with E-state index < -0.39 is 5.92 Å². The summed E-state index contributed by atoms with van der Waals surface area (Å²) in [5, 5.41) is 7.27. The third-order valence-electron chi connectivity index (χ3n) is 5.78. The molecule has 0 spiro atoms. The highest BCUT2D eigenvalue weighted by Gasteiger charge is 2.35. The first-order valence-corrected chi connectivity index (χ1v) is 10.3. The average molecular weight is 418 g/mol. The molecule has 9 nitrogen and oxygen atoms in total. The van der Waals surface area contributed by atoms with Crippen LogP contribution >= 0.6 is 0 Å². The molecule has 3 heterocycles. The first-order chi connectivity index (χ1) is 15.0. The topological polar surface area (TPSA) is 113 Å². The van der Waals surface area contributed by atoms with E-state index in [1.54, 1.807) is 17.9 Å². The molecule has 9 heteroatoms. The zero-order valence-electron chi connectivity index (χ0n) is 17.1. The second-order valence-corrected chi connectivity index (χ2v) is 7.98. The van der Waals surface area contributed by atoms with Crippen LogP contribution in [-0.4, -0.2) is 38.1 Å². The number of para-hydroxylation sites is 1. The van der Waals surface area contributed by atoms with E-state index in [4.69, 9.17) is 0 Å². The van der Waals surface area contributed by atoms with Crippen LogP contribution in [0, 0.1) is 12.8 Å². The van der Waals surface area contributed by atoms with Crippen molar-refractivity contribution in [2.75, 3.05) is 16.8 Å². The molecule has 0 bridgehead atoms. The van der Waals surface area contributed by atoms with Crippen molar-refractivity contribution < 1.29 is 9.59 Å². The Morgan fingerprint density at radius 1 is 1.19 bits per heavy atom. The molecule has 1 saturated heterocycles. The summed E-state index contributed by atoms with van der Waals surface area (Å²) in [5.74, 6) is -0.142. The predicted octanol–water partition coefficient (Wildman–Crippen LogP) is 1.74. The summed E-state index contributed by atoms with van der Waals surface area (Å²) in [6.07, 6.45) is 2.53. The van der Waals surface area contributed by atoms with Gasteiger partial charge in [-0.1, -0.05) is 18.2 Å². The van der Waals surface area contributed by atoms with Crippen LogP contribution < -0.4 is 15.8 Å². The van der Waals surface area contributed by atoms with Gasteiger partial charge in [0, 0.05) is 30.3 Å². The molecule has 1 aromatic carbocycles. The lowest BCUT2D eigenvalue weighted by Crippen LogP contribution is -2.29. The Morgan fingerprint density at radius 2 is 2.00 bits per heavy atom. The summed E-state index contributed by atoms with van der Waals surface area (Å²) in [4.78, 5) is 46.8. The molecule has 1 unspecified atom stereocenters. The van der Waals surface area contributed by atoms with E-state index in [1.807, 2.05) is 30.3 Å². The average Bonchev–Trinajstić information content (AvgIpc) is 3.47. The first-order valence-electron chi connectivity index (χ1n) is 10.3. The number of nitrogens with one attached hydrogen (secondary N) is 2. The number of H-pyrrole nitrogens is 1. The third kappa shape index (κ3) is 3.52. The zero-order valence-corrected chi connectivity index (χ0v) is 17.1. The molecule has 0 radical (unpaired) electrons. The summed E-state index contributed by atoms with van der Waals surface area (Å²) < 4.78 is 1.44. The lowest BCUT2D eigenvalue weighted by atomic mass is 10.1. The van der Waals surface area contributed by atoms with E-state index in [1.165, 1.54) is 4.68 Å². The molecule has 2 aliphatic rings. The fourth-order valence-electron chi connectivity index (χ4n) is 4.25. The second-order valence-electron chi connectivity index (χ2n) is 7.98. The van der Waals surface area contributed by atoms with Gasteiger partial charge in [-0.15, -0.1) is 0 Å². The highest BCUT2D eigenvalue weighted by Crippen LogP contribution is 2.26. The summed E-state index contributed by atoms with van der Waals surface area (Å²) >= 11 is 0. The van der Waals surface area contributed by atoms with Crippen molar-refractivity contribution >= 4 is 23.3 Å². The molecule has 2 amide bonds. The third-order valence-corrected chi connectivity index (χ3v) is 5.78. The van der Waals surface area contributed by atoms with Gasteiger partial charge >= 0.3 is 0 Å². The van der Waals surface area contributed by atoms with Crippen LogP contribution in [0.4, 0.5) is 11.5 Å². The molecule has 5 rings (SSSR count). The fraction of sp³-hybridized carbons (Fsp3) is 0.318. The largest absolute Gasteiger partial charge is 0.312 e. The van der Waals surface area contributed by atoms with Crippen LogP contribution in [0.5, 0.6) is 0 Å². The van der Waals surface area contributed by atoms with Gasteiger partial charge in [0.05, 0.1) is 17.3 Å². The Balaban J connectivity index is 1.38. The van der Waals surface area contributed by atoms with Crippen molar-refractivity contribution in [1.29, 1.82) is 0 Å². The van der Waals surface area contributed by atoms with E-state index in [0.717, 1.165) is 36.2 Å². The number of aromatic amines is 1. The van der Waals surface area contributed by atoms with Crippen molar-refractivity contribution in [3.63, 3.8) is 0 Å². The van der Waals surface area contributed by atoms with E-state index in [0.29, 0.717) is 18.1 Å². The molecule has 3 aromatic rings. The zero-order chi connectivity index (χ0) is 21.5. The fourth-order valence-corrected chi connectivity index (χ4v) is 4.25. The Hall–Kier alpha value is -3.75. The summed E-state index contributed by atoms with van der Waals surface area (Å²) in [6, 6.07) is 11.0. The highest BCUT2D eigenvalue weighted by atomic mass is 16.2. The number of carbonyl (C=O) groups is 2. The monoisotopic (exact) mass is 418 g/mol. The van der Waals surface area contributed by atoms with Gasteiger partial charge in [-0.2, -0.15) is 9.78 Å². The van der Waals surface area contributed by atoms with E-state index in [-0.39, 0.29) is 29.7 Å². The summed E-state index contributed by atoms with van der Waals surface area (Å²) in [5.41, 5.74) is 2.80. The van der Waals surface area contributed by atoms with Crippen molar-refractivity contribution in [2.45, 2.75) is 32.6 Å². The molecule has 2 aromatic heterocycles. The maximum absolute atomic E-state index is 13.0. The number of amides is 2. The van der Waals surface area contributed by atoms with Gasteiger partial charge in [0.15, 0.2) is 0 Å². The minimum atomic E-state index is -0.483. The Bertz CT molecular complexity index is 1230. The quantitative estimate of drug-likeness (QED) is 0.670. The molecule has 0 saturated carbocycles. The number of anilines is 2. The van der Waals surface area contributed by atoms with Crippen LogP contribution in [0.15, 0.2) is 41.2 Å². The second kappa shape index (κ2) is 7.50. The van der Waals surface area contributed by atoms with Crippen LogP contribution in [0.3, 0.4) is 0 Å². The number of aryl methyl sites for hydroxylation is 2. The number of hydrogen-bond acceptors (Lipinski definition) is 5. The molecule has 31 heavy (non-hydrogen) atoms. The lowest BCUT2D eigenvalue weighted by molar-refractivity contribution is -0.122. The van der Waals surface area contributed by atoms with Gasteiger partial charge < -0.3 is 10.2 Å². The number of hydrogen-bond donors (Lipinski definition) is 2. The predicted molar refractivity (Wildman–Crippen MR) is 114 cm³/mol. The molecule has 1 atom stereocenters. The van der Waals surface area contributed by atoms with Crippen molar-refractivity contribution in [2.24, 2.45) is 5.92 Å². The minimum absolute atomic E-state index is 0.0827. The molecule has 158 valence electrons. The SMILES string of the molecule is Cc1cc(NC(=O)C2CC(=O)N(c3ccccc3)C2)n(-c2nc3c(c(=O)[nH]2)CCC3)n1. The number of rotatable bonds is 4. The minimum Gasteiger partial charge on any atom is -0.312 e. The lowest BCUT2D eigenvalue weighted by Gasteiger charge is -2.16. The van der Waals surface area contributed by atoms with Gasteiger partial charge in [0.25, 0.3) is 5.56 Å². The van der Waals surface area contributed by atoms with E-state index in [2.05, 4.69) is 20.4 Å². The molecular formula is C22H22N6O3.